The molecule has 1 aromatic heterocycles. The van der Waals surface area contributed by atoms with Crippen LogP contribution in [0.3, 0.4) is 0 Å². The van der Waals surface area contributed by atoms with E-state index in [9.17, 15) is 27.6 Å². The highest BCUT2D eigenvalue weighted by molar-refractivity contribution is 6.08. The van der Waals surface area contributed by atoms with E-state index in [4.69, 9.17) is 9.15 Å². The number of hydrogen-bond acceptors (Lipinski definition) is 5. The second-order valence-corrected chi connectivity index (χ2v) is 8.35. The van der Waals surface area contributed by atoms with Crippen molar-refractivity contribution in [1.82, 2.24) is 0 Å². The largest absolute Gasteiger partial charge is 0.459 e. The molecule has 0 fully saturated rings. The standard InChI is InChI=1S/C24H22F3N3O5/c1-23(2,3)35-22(33)30-17-10-9-15(24(25,26)27)13-18(17)29-20(31)14-6-4-7-16(12-14)28-21(32)19-8-5-11-34-19/h4-13H,1-3H3,(H,28,32)(H,29,31)(H,30,33). The molecule has 8 nitrogen and oxygen atoms in total. The zero-order valence-electron chi connectivity index (χ0n) is 18.9. The summed E-state index contributed by atoms with van der Waals surface area (Å²) in [5, 5.41) is 7.28. The number of alkyl halides is 3. The maximum absolute atomic E-state index is 13.3. The topological polar surface area (TPSA) is 110 Å². The predicted octanol–water partition coefficient (Wildman–Crippen LogP) is 6.15. The summed E-state index contributed by atoms with van der Waals surface area (Å²) in [6.45, 7) is 4.87. The Morgan fingerprint density at radius 1 is 0.829 bits per heavy atom. The fourth-order valence-corrected chi connectivity index (χ4v) is 2.88. The lowest BCUT2D eigenvalue weighted by Crippen LogP contribution is -2.27. The lowest BCUT2D eigenvalue weighted by Gasteiger charge is -2.21. The van der Waals surface area contributed by atoms with Crippen LogP contribution in [0.15, 0.2) is 65.3 Å². The smallest absolute Gasteiger partial charge is 0.416 e. The van der Waals surface area contributed by atoms with Gasteiger partial charge in [-0.25, -0.2) is 4.79 Å². The van der Waals surface area contributed by atoms with E-state index in [1.165, 1.54) is 42.7 Å². The lowest BCUT2D eigenvalue weighted by molar-refractivity contribution is -0.137. The van der Waals surface area contributed by atoms with Crippen molar-refractivity contribution >= 4 is 35.0 Å². The molecule has 184 valence electrons. The average Bonchev–Trinajstić information content (AvgIpc) is 3.28. The van der Waals surface area contributed by atoms with Crippen LogP contribution in [0.1, 0.15) is 47.2 Å². The second kappa shape index (κ2) is 9.92. The number of nitrogens with one attached hydrogen (secondary N) is 3. The Hall–Kier alpha value is -4.28. The Labute approximate surface area is 198 Å². The fourth-order valence-electron chi connectivity index (χ4n) is 2.88. The molecule has 11 heteroatoms. The molecule has 0 saturated heterocycles. The summed E-state index contributed by atoms with van der Waals surface area (Å²) in [6.07, 6.45) is -4.26. The van der Waals surface area contributed by atoms with Crippen LogP contribution < -0.4 is 16.0 Å². The van der Waals surface area contributed by atoms with Crippen LogP contribution in [0.25, 0.3) is 0 Å². The molecule has 0 aliphatic carbocycles. The van der Waals surface area contributed by atoms with Crippen molar-refractivity contribution in [3.63, 3.8) is 0 Å². The van der Waals surface area contributed by atoms with Gasteiger partial charge in [0, 0.05) is 11.3 Å². The molecular weight excluding hydrogens is 467 g/mol. The van der Waals surface area contributed by atoms with Crippen molar-refractivity contribution in [3.8, 4) is 0 Å². The second-order valence-electron chi connectivity index (χ2n) is 8.35. The van der Waals surface area contributed by atoms with Crippen molar-refractivity contribution < 1.29 is 36.7 Å². The number of carbonyl (C=O) groups excluding carboxylic acids is 3. The first-order chi connectivity index (χ1) is 16.3. The Balaban J connectivity index is 1.84. The van der Waals surface area contributed by atoms with Gasteiger partial charge in [-0.05, 0) is 69.3 Å². The Morgan fingerprint density at radius 2 is 1.57 bits per heavy atom. The molecule has 3 aromatic rings. The maximum Gasteiger partial charge on any atom is 0.416 e. The van der Waals surface area contributed by atoms with Gasteiger partial charge in [0.25, 0.3) is 11.8 Å². The minimum Gasteiger partial charge on any atom is -0.459 e. The van der Waals surface area contributed by atoms with Crippen LogP contribution >= 0.6 is 0 Å². The molecule has 0 radical (unpaired) electrons. The molecule has 3 rings (SSSR count). The van der Waals surface area contributed by atoms with Gasteiger partial charge in [0.2, 0.25) is 0 Å². The third kappa shape index (κ3) is 7.10. The highest BCUT2D eigenvalue weighted by atomic mass is 19.4. The molecule has 0 unspecified atom stereocenters. The first kappa shape index (κ1) is 25.3. The van der Waals surface area contributed by atoms with Gasteiger partial charge in [-0.1, -0.05) is 6.07 Å². The third-order valence-corrected chi connectivity index (χ3v) is 4.36. The number of rotatable bonds is 5. The molecule has 0 aliphatic heterocycles. The van der Waals surface area contributed by atoms with Gasteiger partial charge in [0.05, 0.1) is 23.2 Å². The summed E-state index contributed by atoms with van der Waals surface area (Å²) >= 11 is 0. The Morgan fingerprint density at radius 3 is 2.20 bits per heavy atom. The van der Waals surface area contributed by atoms with Crippen molar-refractivity contribution in [2.24, 2.45) is 0 Å². The lowest BCUT2D eigenvalue weighted by atomic mass is 10.1. The molecule has 0 atom stereocenters. The van der Waals surface area contributed by atoms with E-state index in [1.807, 2.05) is 0 Å². The monoisotopic (exact) mass is 489 g/mol. The van der Waals surface area contributed by atoms with Gasteiger partial charge in [-0.3, -0.25) is 14.9 Å². The Kier molecular flexibility index (Phi) is 7.18. The molecule has 3 N–H and O–H groups in total. The molecule has 2 aromatic carbocycles. The van der Waals surface area contributed by atoms with E-state index < -0.39 is 35.2 Å². The molecule has 1 heterocycles. The third-order valence-electron chi connectivity index (χ3n) is 4.36. The molecule has 0 saturated carbocycles. The minimum atomic E-state index is -4.68. The van der Waals surface area contributed by atoms with E-state index in [2.05, 4.69) is 16.0 Å². The first-order valence-corrected chi connectivity index (χ1v) is 10.3. The van der Waals surface area contributed by atoms with Crippen LogP contribution in [-0.2, 0) is 10.9 Å². The van der Waals surface area contributed by atoms with E-state index in [0.29, 0.717) is 6.07 Å². The van der Waals surface area contributed by atoms with Crippen molar-refractivity contribution in [2.75, 3.05) is 16.0 Å². The van der Waals surface area contributed by atoms with Gasteiger partial charge in [-0.2, -0.15) is 13.2 Å². The number of carbonyl (C=O) groups is 3. The van der Waals surface area contributed by atoms with E-state index in [1.54, 1.807) is 20.8 Å². The summed E-state index contributed by atoms with van der Waals surface area (Å²) in [5.74, 6) is -1.26. The van der Waals surface area contributed by atoms with E-state index in [0.717, 1.165) is 12.1 Å². The van der Waals surface area contributed by atoms with Gasteiger partial charge in [-0.15, -0.1) is 0 Å². The van der Waals surface area contributed by atoms with Crippen LogP contribution in [0.2, 0.25) is 0 Å². The zero-order valence-corrected chi connectivity index (χ0v) is 18.9. The van der Waals surface area contributed by atoms with Crippen molar-refractivity contribution in [2.45, 2.75) is 32.5 Å². The summed E-state index contributed by atoms with van der Waals surface area (Å²) in [4.78, 5) is 37.1. The molecule has 0 spiro atoms. The van der Waals surface area contributed by atoms with Crippen LogP contribution in [-0.4, -0.2) is 23.5 Å². The number of anilines is 3. The molecule has 35 heavy (non-hydrogen) atoms. The molecule has 0 bridgehead atoms. The van der Waals surface area contributed by atoms with Crippen molar-refractivity contribution in [3.05, 3.63) is 77.7 Å². The normalized spacial score (nSPS) is 11.5. The highest BCUT2D eigenvalue weighted by Gasteiger charge is 2.31. The summed E-state index contributed by atoms with van der Waals surface area (Å²) in [6, 6.07) is 11.2. The number of furan rings is 1. The quantitative estimate of drug-likeness (QED) is 0.398. The highest BCUT2D eigenvalue weighted by Crippen LogP contribution is 2.34. The van der Waals surface area contributed by atoms with Crippen LogP contribution in [0.5, 0.6) is 0 Å². The Bertz CT molecular complexity index is 1230. The number of amides is 3. The van der Waals surface area contributed by atoms with E-state index >= 15 is 0 Å². The number of halogens is 3. The minimum absolute atomic E-state index is 0.0443. The number of hydrogen-bond donors (Lipinski definition) is 3. The van der Waals surface area contributed by atoms with Crippen molar-refractivity contribution in [1.29, 1.82) is 0 Å². The van der Waals surface area contributed by atoms with Gasteiger partial charge < -0.3 is 19.8 Å². The number of benzene rings is 2. The molecule has 3 amide bonds. The van der Waals surface area contributed by atoms with E-state index in [-0.39, 0.29) is 28.4 Å². The molecular formula is C24H22F3N3O5. The molecule has 0 aliphatic rings. The van der Waals surface area contributed by atoms with Gasteiger partial charge >= 0.3 is 12.3 Å². The SMILES string of the molecule is CC(C)(C)OC(=O)Nc1ccc(C(F)(F)F)cc1NC(=O)c1cccc(NC(=O)c2ccco2)c1. The fraction of sp³-hybridized carbons (Fsp3) is 0.208. The first-order valence-electron chi connectivity index (χ1n) is 10.3. The summed E-state index contributed by atoms with van der Waals surface area (Å²) in [7, 11) is 0. The van der Waals surface area contributed by atoms with Crippen LogP contribution in [0, 0.1) is 0 Å². The summed E-state index contributed by atoms with van der Waals surface area (Å²) < 4.78 is 49.9. The average molecular weight is 489 g/mol. The van der Waals surface area contributed by atoms with Gasteiger partial charge in [0.15, 0.2) is 5.76 Å². The van der Waals surface area contributed by atoms with Gasteiger partial charge in [0.1, 0.15) is 5.60 Å². The van der Waals surface area contributed by atoms with Crippen LogP contribution in [0.4, 0.5) is 35.0 Å². The predicted molar refractivity (Wildman–Crippen MR) is 122 cm³/mol. The zero-order chi connectivity index (χ0) is 25.8. The summed E-state index contributed by atoms with van der Waals surface area (Å²) in [5.41, 5.74) is -1.96. The maximum atomic E-state index is 13.3. The number of ether oxygens (including phenoxy) is 1.